The molecular weight excluding hydrogens is 360 g/mol. The number of esters is 2. The molecule has 1 aromatic carbocycles. The summed E-state index contributed by atoms with van der Waals surface area (Å²) in [6, 6.07) is 5.77. The quantitative estimate of drug-likeness (QED) is 0.798. The Kier molecular flexibility index (Phi) is 6.02. The highest BCUT2D eigenvalue weighted by Gasteiger charge is 2.28. The Bertz CT molecular complexity index is 894. The first-order valence-electron chi connectivity index (χ1n) is 9.60. The number of rotatable bonds is 5. The standard InChI is InChI=1S/C21H26N2O5/c1-4-27-20(25)15-5-7-23(8-6-15)19(24)12-28-21(26)18-11-16-14(3)9-13(2)10-17(16)22-18/h9-11,15,22H,4-8,12H2,1-3H3. The van der Waals surface area contributed by atoms with Crippen molar-refractivity contribution in [1.29, 1.82) is 0 Å². The van der Waals surface area contributed by atoms with Crippen molar-refractivity contribution in [2.45, 2.75) is 33.6 Å². The van der Waals surface area contributed by atoms with Gasteiger partial charge in [0.2, 0.25) is 0 Å². The SMILES string of the molecule is CCOC(=O)C1CCN(C(=O)COC(=O)c2cc3c(C)cc(C)cc3[nH]2)CC1. The summed E-state index contributed by atoms with van der Waals surface area (Å²) in [6.45, 7) is 6.74. The fourth-order valence-corrected chi connectivity index (χ4v) is 3.63. The van der Waals surface area contributed by atoms with Crippen molar-refractivity contribution in [2.75, 3.05) is 26.3 Å². The van der Waals surface area contributed by atoms with Crippen LogP contribution in [0.5, 0.6) is 0 Å². The first-order valence-corrected chi connectivity index (χ1v) is 9.60. The summed E-state index contributed by atoms with van der Waals surface area (Å²) in [6.07, 6.45) is 1.14. The predicted octanol–water partition coefficient (Wildman–Crippen LogP) is 2.74. The van der Waals surface area contributed by atoms with Crippen LogP contribution in [0.2, 0.25) is 0 Å². The molecule has 3 rings (SSSR count). The summed E-state index contributed by atoms with van der Waals surface area (Å²) in [5.41, 5.74) is 3.38. The second-order valence-electron chi connectivity index (χ2n) is 7.21. The maximum atomic E-state index is 12.3. The molecule has 1 aliphatic heterocycles. The summed E-state index contributed by atoms with van der Waals surface area (Å²) >= 11 is 0. The van der Waals surface area contributed by atoms with Crippen LogP contribution in [0.1, 0.15) is 41.4 Å². The number of nitrogens with one attached hydrogen (secondary N) is 1. The minimum Gasteiger partial charge on any atom is -0.466 e. The van der Waals surface area contributed by atoms with Crippen LogP contribution in [0.25, 0.3) is 10.9 Å². The number of aryl methyl sites for hydroxylation is 2. The van der Waals surface area contributed by atoms with E-state index in [2.05, 4.69) is 11.1 Å². The van der Waals surface area contributed by atoms with Crippen molar-refractivity contribution in [2.24, 2.45) is 5.92 Å². The molecule has 1 N–H and O–H groups in total. The fraction of sp³-hybridized carbons (Fsp3) is 0.476. The van der Waals surface area contributed by atoms with Crippen LogP contribution in [0.4, 0.5) is 0 Å². The highest BCUT2D eigenvalue weighted by molar-refractivity contribution is 5.97. The van der Waals surface area contributed by atoms with E-state index in [-0.39, 0.29) is 24.4 Å². The topological polar surface area (TPSA) is 88.7 Å². The minimum atomic E-state index is -0.553. The zero-order valence-corrected chi connectivity index (χ0v) is 16.5. The molecule has 7 nitrogen and oxygen atoms in total. The van der Waals surface area contributed by atoms with Gasteiger partial charge in [-0.15, -0.1) is 0 Å². The number of carbonyl (C=O) groups excluding carboxylic acids is 3. The number of likely N-dealkylation sites (tertiary alicyclic amines) is 1. The summed E-state index contributed by atoms with van der Waals surface area (Å²) < 4.78 is 10.2. The maximum Gasteiger partial charge on any atom is 0.355 e. The molecule has 2 heterocycles. The monoisotopic (exact) mass is 386 g/mol. The van der Waals surface area contributed by atoms with Crippen molar-refractivity contribution < 1.29 is 23.9 Å². The molecule has 2 aromatic rings. The smallest absolute Gasteiger partial charge is 0.355 e. The van der Waals surface area contributed by atoms with Gasteiger partial charge in [0.15, 0.2) is 6.61 Å². The Hall–Kier alpha value is -2.83. The third kappa shape index (κ3) is 4.35. The van der Waals surface area contributed by atoms with E-state index in [0.717, 1.165) is 22.0 Å². The van der Waals surface area contributed by atoms with E-state index < -0.39 is 5.97 Å². The number of H-pyrrole nitrogens is 1. The molecule has 150 valence electrons. The van der Waals surface area contributed by atoms with Gasteiger partial charge in [0.05, 0.1) is 12.5 Å². The van der Waals surface area contributed by atoms with Crippen molar-refractivity contribution in [3.63, 3.8) is 0 Å². The molecule has 1 amide bonds. The van der Waals surface area contributed by atoms with Crippen LogP contribution < -0.4 is 0 Å². The van der Waals surface area contributed by atoms with Crippen LogP contribution in [0.3, 0.4) is 0 Å². The number of ether oxygens (including phenoxy) is 2. The van der Waals surface area contributed by atoms with Crippen LogP contribution in [0, 0.1) is 19.8 Å². The van der Waals surface area contributed by atoms with E-state index >= 15 is 0 Å². The van der Waals surface area contributed by atoms with Gasteiger partial charge in [0, 0.05) is 24.0 Å². The molecule has 1 aromatic heterocycles. The second kappa shape index (κ2) is 8.46. The first-order chi connectivity index (χ1) is 13.4. The molecule has 0 atom stereocenters. The van der Waals surface area contributed by atoms with Crippen LogP contribution in [0.15, 0.2) is 18.2 Å². The number of amides is 1. The van der Waals surface area contributed by atoms with Gasteiger partial charge in [-0.25, -0.2) is 4.79 Å². The zero-order chi connectivity index (χ0) is 20.3. The first kappa shape index (κ1) is 19.9. The molecule has 0 aliphatic carbocycles. The van der Waals surface area contributed by atoms with E-state index in [1.54, 1.807) is 17.9 Å². The highest BCUT2D eigenvalue weighted by Crippen LogP contribution is 2.22. The van der Waals surface area contributed by atoms with Crippen molar-refractivity contribution in [3.8, 4) is 0 Å². The molecule has 0 spiro atoms. The average Bonchev–Trinajstić information content (AvgIpc) is 3.10. The Morgan fingerprint density at radius 1 is 1.11 bits per heavy atom. The number of carbonyl (C=O) groups is 3. The zero-order valence-electron chi connectivity index (χ0n) is 16.5. The summed E-state index contributed by atoms with van der Waals surface area (Å²) in [5.74, 6) is -1.17. The number of hydrogen-bond acceptors (Lipinski definition) is 5. The number of fused-ring (bicyclic) bond motifs is 1. The van der Waals surface area contributed by atoms with Crippen molar-refractivity contribution in [1.82, 2.24) is 9.88 Å². The van der Waals surface area contributed by atoms with Crippen LogP contribution >= 0.6 is 0 Å². The molecular formula is C21H26N2O5. The van der Waals surface area contributed by atoms with E-state index in [4.69, 9.17) is 9.47 Å². The molecule has 7 heteroatoms. The largest absolute Gasteiger partial charge is 0.466 e. The lowest BCUT2D eigenvalue weighted by Gasteiger charge is -2.30. The number of hydrogen-bond donors (Lipinski definition) is 1. The second-order valence-corrected chi connectivity index (χ2v) is 7.21. The fourth-order valence-electron chi connectivity index (χ4n) is 3.63. The van der Waals surface area contributed by atoms with Crippen molar-refractivity contribution in [3.05, 3.63) is 35.0 Å². The highest BCUT2D eigenvalue weighted by atomic mass is 16.5. The molecule has 0 radical (unpaired) electrons. The van der Waals surface area contributed by atoms with Crippen LogP contribution in [-0.2, 0) is 19.1 Å². The predicted molar refractivity (Wildman–Crippen MR) is 104 cm³/mol. The Labute approximate surface area is 164 Å². The summed E-state index contributed by atoms with van der Waals surface area (Å²) in [5, 5.41) is 0.963. The molecule has 1 fully saturated rings. The van der Waals surface area contributed by atoms with Gasteiger partial charge in [-0.3, -0.25) is 9.59 Å². The van der Waals surface area contributed by atoms with E-state index in [0.29, 0.717) is 38.2 Å². The Morgan fingerprint density at radius 3 is 2.50 bits per heavy atom. The van der Waals surface area contributed by atoms with Gasteiger partial charge in [0.1, 0.15) is 5.69 Å². The lowest BCUT2D eigenvalue weighted by Crippen LogP contribution is -2.42. The Balaban J connectivity index is 1.53. The minimum absolute atomic E-state index is 0.162. The lowest BCUT2D eigenvalue weighted by atomic mass is 9.97. The molecule has 1 aliphatic rings. The Morgan fingerprint density at radius 2 is 1.82 bits per heavy atom. The van der Waals surface area contributed by atoms with E-state index in [1.807, 2.05) is 19.9 Å². The summed E-state index contributed by atoms with van der Waals surface area (Å²) in [4.78, 5) is 41.1. The van der Waals surface area contributed by atoms with Gasteiger partial charge < -0.3 is 19.4 Å². The van der Waals surface area contributed by atoms with E-state index in [9.17, 15) is 14.4 Å². The number of aromatic nitrogens is 1. The number of aromatic amines is 1. The van der Waals surface area contributed by atoms with Gasteiger partial charge in [-0.2, -0.15) is 0 Å². The lowest BCUT2D eigenvalue weighted by molar-refractivity contribution is -0.151. The molecule has 1 saturated heterocycles. The van der Waals surface area contributed by atoms with Gasteiger partial charge in [0.25, 0.3) is 5.91 Å². The maximum absolute atomic E-state index is 12.3. The van der Waals surface area contributed by atoms with Crippen LogP contribution in [-0.4, -0.2) is 54.0 Å². The normalized spacial score (nSPS) is 14.9. The van der Waals surface area contributed by atoms with Gasteiger partial charge >= 0.3 is 11.9 Å². The average molecular weight is 386 g/mol. The number of benzene rings is 1. The third-order valence-corrected chi connectivity index (χ3v) is 5.10. The molecule has 28 heavy (non-hydrogen) atoms. The third-order valence-electron chi connectivity index (χ3n) is 5.10. The summed E-state index contributed by atoms with van der Waals surface area (Å²) in [7, 11) is 0. The molecule has 0 bridgehead atoms. The molecule has 0 saturated carbocycles. The number of nitrogens with zero attached hydrogens (tertiary/aromatic N) is 1. The molecule has 0 unspecified atom stereocenters. The van der Waals surface area contributed by atoms with Gasteiger partial charge in [-0.05, 0) is 56.9 Å². The number of piperidine rings is 1. The van der Waals surface area contributed by atoms with Crippen molar-refractivity contribution >= 4 is 28.7 Å². The van der Waals surface area contributed by atoms with E-state index in [1.165, 1.54) is 0 Å². The van der Waals surface area contributed by atoms with Gasteiger partial charge in [-0.1, -0.05) is 6.07 Å².